The second kappa shape index (κ2) is 12.3. The van der Waals surface area contributed by atoms with Crippen molar-refractivity contribution in [1.29, 1.82) is 0 Å². The third-order valence-corrected chi connectivity index (χ3v) is 6.96. The van der Waals surface area contributed by atoms with Gasteiger partial charge in [-0.25, -0.2) is 4.79 Å². The lowest BCUT2D eigenvalue weighted by molar-refractivity contribution is -0.125. The number of hydrogen-bond acceptors (Lipinski definition) is 4. The molecule has 0 aromatic heterocycles. The average molecular weight is 562 g/mol. The maximum Gasteiger partial charge on any atom is 0.407 e. The van der Waals surface area contributed by atoms with Crippen molar-refractivity contribution in [3.63, 3.8) is 0 Å². The smallest absolute Gasteiger partial charge is 0.407 e. The van der Waals surface area contributed by atoms with Crippen LogP contribution in [0.25, 0.3) is 11.1 Å². The SMILES string of the molecule is CC(C)(C)OC(=O)NCc1cccc(N2C(=O)CC(=O)N(CCc3ccc(-c4ccccc4)cc3)c3ccccc32)c1. The standard InChI is InChI=1S/C35H35N3O4/c1-35(2,3)42-34(41)36-24-26-10-9-13-29(22-26)38-31-15-8-7-14-30(31)37(32(39)23-33(38)40)21-20-25-16-18-28(19-17-25)27-11-5-4-6-12-27/h4-19,22H,20-21,23-24H2,1-3H3,(H,36,41). The number of carbonyl (C=O) groups is 3. The Morgan fingerprint density at radius 1 is 0.762 bits per heavy atom. The summed E-state index contributed by atoms with van der Waals surface area (Å²) in [5, 5.41) is 2.76. The first-order valence-electron chi connectivity index (χ1n) is 14.1. The molecule has 0 atom stereocenters. The molecule has 5 rings (SSSR count). The summed E-state index contributed by atoms with van der Waals surface area (Å²) in [5.41, 5.74) is 5.56. The van der Waals surface area contributed by atoms with Crippen LogP contribution in [-0.2, 0) is 27.3 Å². The van der Waals surface area contributed by atoms with E-state index in [4.69, 9.17) is 4.74 Å². The number of anilines is 3. The minimum Gasteiger partial charge on any atom is -0.444 e. The van der Waals surface area contributed by atoms with Crippen LogP contribution in [0.15, 0.2) is 103 Å². The lowest BCUT2D eigenvalue weighted by Crippen LogP contribution is -2.33. The lowest BCUT2D eigenvalue weighted by Gasteiger charge is -2.26. The highest BCUT2D eigenvalue weighted by Gasteiger charge is 2.32. The summed E-state index contributed by atoms with van der Waals surface area (Å²) >= 11 is 0. The molecule has 0 unspecified atom stereocenters. The largest absolute Gasteiger partial charge is 0.444 e. The summed E-state index contributed by atoms with van der Waals surface area (Å²) in [6.07, 6.45) is -0.114. The molecule has 7 nitrogen and oxygen atoms in total. The molecular weight excluding hydrogens is 526 g/mol. The molecule has 1 heterocycles. The molecule has 0 saturated heterocycles. The van der Waals surface area contributed by atoms with Gasteiger partial charge in [0.25, 0.3) is 0 Å². The second-order valence-corrected chi connectivity index (χ2v) is 11.3. The minimum atomic E-state index is -0.599. The molecular formula is C35H35N3O4. The van der Waals surface area contributed by atoms with E-state index in [0.717, 1.165) is 22.3 Å². The number of ether oxygens (including phenoxy) is 1. The van der Waals surface area contributed by atoms with E-state index in [1.54, 1.807) is 9.80 Å². The molecule has 214 valence electrons. The predicted octanol–water partition coefficient (Wildman–Crippen LogP) is 7.02. The van der Waals surface area contributed by atoms with Crippen LogP contribution in [-0.4, -0.2) is 30.1 Å². The van der Waals surface area contributed by atoms with Crippen LogP contribution in [0.4, 0.5) is 21.9 Å². The molecule has 0 fully saturated rings. The summed E-state index contributed by atoms with van der Waals surface area (Å²) in [6.45, 7) is 6.10. The summed E-state index contributed by atoms with van der Waals surface area (Å²) in [4.78, 5) is 42.4. The van der Waals surface area contributed by atoms with Gasteiger partial charge in [0.1, 0.15) is 12.0 Å². The number of amides is 3. The first kappa shape index (κ1) is 28.6. The van der Waals surface area contributed by atoms with Gasteiger partial charge in [-0.05, 0) is 73.7 Å². The topological polar surface area (TPSA) is 79.0 Å². The van der Waals surface area contributed by atoms with Crippen molar-refractivity contribution >= 4 is 35.0 Å². The number of alkyl carbamates (subject to hydrolysis) is 1. The highest BCUT2D eigenvalue weighted by molar-refractivity contribution is 6.18. The van der Waals surface area contributed by atoms with Crippen LogP contribution in [0.3, 0.4) is 0 Å². The molecule has 1 aliphatic rings. The normalized spacial score (nSPS) is 13.4. The number of nitrogens with one attached hydrogen (secondary N) is 1. The highest BCUT2D eigenvalue weighted by Crippen LogP contribution is 2.38. The van der Waals surface area contributed by atoms with Gasteiger partial charge in [0.15, 0.2) is 0 Å². The summed E-state index contributed by atoms with van der Waals surface area (Å²) in [5.74, 6) is -0.544. The van der Waals surface area contributed by atoms with Crippen LogP contribution in [0.5, 0.6) is 0 Å². The number of benzene rings is 4. The quantitative estimate of drug-likeness (QED) is 0.246. The van der Waals surface area contributed by atoms with Gasteiger partial charge in [0.2, 0.25) is 11.8 Å². The van der Waals surface area contributed by atoms with Crippen LogP contribution in [0, 0.1) is 0 Å². The minimum absolute atomic E-state index is 0.237. The summed E-state index contributed by atoms with van der Waals surface area (Å²) in [7, 11) is 0. The molecule has 3 amide bonds. The van der Waals surface area contributed by atoms with Crippen molar-refractivity contribution in [3.8, 4) is 11.1 Å². The van der Waals surface area contributed by atoms with Gasteiger partial charge in [0, 0.05) is 18.8 Å². The van der Waals surface area contributed by atoms with Gasteiger partial charge >= 0.3 is 6.09 Å². The predicted molar refractivity (Wildman–Crippen MR) is 166 cm³/mol. The van der Waals surface area contributed by atoms with E-state index in [1.807, 2.05) is 87.5 Å². The summed E-state index contributed by atoms with van der Waals surface area (Å²) in [6, 6.07) is 33.4. The first-order valence-corrected chi connectivity index (χ1v) is 14.1. The van der Waals surface area contributed by atoms with Gasteiger partial charge in [-0.15, -0.1) is 0 Å². The van der Waals surface area contributed by atoms with E-state index in [-0.39, 0.29) is 24.8 Å². The fourth-order valence-electron chi connectivity index (χ4n) is 5.01. The van der Waals surface area contributed by atoms with E-state index in [2.05, 4.69) is 41.7 Å². The van der Waals surface area contributed by atoms with E-state index in [0.29, 0.717) is 30.0 Å². The van der Waals surface area contributed by atoms with E-state index in [9.17, 15) is 14.4 Å². The Bertz CT molecular complexity index is 1580. The maximum absolute atomic E-state index is 13.5. The van der Waals surface area contributed by atoms with Gasteiger partial charge in [-0.3, -0.25) is 14.5 Å². The molecule has 4 aromatic carbocycles. The third kappa shape index (κ3) is 6.86. The van der Waals surface area contributed by atoms with Crippen molar-refractivity contribution in [3.05, 3.63) is 114 Å². The van der Waals surface area contributed by atoms with Gasteiger partial charge in [-0.1, -0.05) is 78.9 Å². The fraction of sp³-hybridized carbons (Fsp3) is 0.229. The van der Waals surface area contributed by atoms with E-state index < -0.39 is 11.7 Å². The van der Waals surface area contributed by atoms with Crippen molar-refractivity contribution in [2.24, 2.45) is 0 Å². The van der Waals surface area contributed by atoms with Crippen molar-refractivity contribution in [2.45, 2.75) is 45.8 Å². The zero-order valence-corrected chi connectivity index (χ0v) is 24.2. The Balaban J connectivity index is 1.35. The van der Waals surface area contributed by atoms with Gasteiger partial charge in [0.05, 0.1) is 11.4 Å². The average Bonchev–Trinajstić information content (AvgIpc) is 3.07. The van der Waals surface area contributed by atoms with Crippen LogP contribution < -0.4 is 15.1 Å². The van der Waals surface area contributed by atoms with Crippen molar-refractivity contribution in [1.82, 2.24) is 5.32 Å². The Kier molecular flexibility index (Phi) is 8.38. The molecule has 0 aliphatic carbocycles. The maximum atomic E-state index is 13.5. The zero-order valence-electron chi connectivity index (χ0n) is 24.2. The molecule has 4 aromatic rings. The molecule has 1 N–H and O–H groups in total. The van der Waals surface area contributed by atoms with Crippen LogP contribution in [0.1, 0.15) is 38.3 Å². The van der Waals surface area contributed by atoms with Crippen LogP contribution in [0.2, 0.25) is 0 Å². The van der Waals surface area contributed by atoms with Crippen molar-refractivity contribution < 1.29 is 19.1 Å². The number of fused-ring (bicyclic) bond motifs is 1. The second-order valence-electron chi connectivity index (χ2n) is 11.3. The Hall–Kier alpha value is -4.91. The number of nitrogens with zero attached hydrogens (tertiary/aromatic N) is 2. The fourth-order valence-corrected chi connectivity index (χ4v) is 5.01. The zero-order chi connectivity index (χ0) is 29.7. The first-order chi connectivity index (χ1) is 20.2. The number of hydrogen-bond donors (Lipinski definition) is 1. The summed E-state index contributed by atoms with van der Waals surface area (Å²) < 4.78 is 5.33. The highest BCUT2D eigenvalue weighted by atomic mass is 16.6. The number of rotatable bonds is 7. The van der Waals surface area contributed by atoms with E-state index in [1.165, 1.54) is 0 Å². The Morgan fingerprint density at radius 3 is 2.14 bits per heavy atom. The molecule has 0 radical (unpaired) electrons. The lowest BCUT2D eigenvalue weighted by atomic mass is 10.0. The molecule has 0 spiro atoms. The van der Waals surface area contributed by atoms with Crippen molar-refractivity contribution in [2.75, 3.05) is 16.3 Å². The third-order valence-electron chi connectivity index (χ3n) is 6.96. The van der Waals surface area contributed by atoms with Gasteiger partial charge < -0.3 is 15.0 Å². The molecule has 1 aliphatic heterocycles. The number of carbonyl (C=O) groups excluding carboxylic acids is 3. The molecule has 7 heteroatoms. The van der Waals surface area contributed by atoms with Crippen LogP contribution >= 0.6 is 0 Å². The molecule has 0 bridgehead atoms. The Morgan fingerprint density at radius 2 is 1.43 bits per heavy atom. The van der Waals surface area contributed by atoms with E-state index >= 15 is 0 Å². The van der Waals surface area contributed by atoms with Gasteiger partial charge in [-0.2, -0.15) is 0 Å². The monoisotopic (exact) mass is 561 g/mol. The molecule has 42 heavy (non-hydrogen) atoms. The molecule has 0 saturated carbocycles. The Labute approximate surface area is 246 Å². The number of para-hydroxylation sites is 2.